The van der Waals surface area contributed by atoms with E-state index in [0.29, 0.717) is 25.7 Å². The average molecular weight is 327 g/mol. The van der Waals surface area contributed by atoms with Gasteiger partial charge in [-0.3, -0.25) is 4.18 Å². The van der Waals surface area contributed by atoms with E-state index in [0.717, 1.165) is 11.8 Å². The highest BCUT2D eigenvalue weighted by molar-refractivity contribution is 7.86. The first-order valence-corrected chi connectivity index (χ1v) is 9.07. The monoisotopic (exact) mass is 327 g/mol. The molecule has 7 heteroatoms. The molecular weight excluding hydrogens is 306 g/mol. The van der Waals surface area contributed by atoms with E-state index >= 15 is 0 Å². The minimum atomic E-state index is -3.53. The molecule has 1 aliphatic carbocycles. The van der Waals surface area contributed by atoms with Gasteiger partial charge in [-0.15, -0.1) is 0 Å². The van der Waals surface area contributed by atoms with Gasteiger partial charge >= 0.3 is 6.09 Å². The first kappa shape index (κ1) is 16.8. The minimum Gasteiger partial charge on any atom is -0.465 e. The van der Waals surface area contributed by atoms with Crippen molar-refractivity contribution in [3.63, 3.8) is 0 Å². The maximum Gasteiger partial charge on any atom is 0.404 e. The molecule has 3 atom stereocenters. The Morgan fingerprint density at radius 1 is 1.32 bits per heavy atom. The Labute approximate surface area is 130 Å². The molecule has 0 bridgehead atoms. The average Bonchev–Trinajstić information content (AvgIpc) is 2.41. The van der Waals surface area contributed by atoms with Gasteiger partial charge in [0.05, 0.1) is 12.4 Å². The summed E-state index contributed by atoms with van der Waals surface area (Å²) >= 11 is 0. The maximum atomic E-state index is 11.4. The molecule has 0 unspecified atom stereocenters. The highest BCUT2D eigenvalue weighted by Crippen LogP contribution is 2.31. The van der Waals surface area contributed by atoms with Crippen molar-refractivity contribution in [2.75, 3.05) is 6.26 Å². The smallest absolute Gasteiger partial charge is 0.404 e. The van der Waals surface area contributed by atoms with Crippen LogP contribution in [0.3, 0.4) is 0 Å². The van der Waals surface area contributed by atoms with Crippen LogP contribution >= 0.6 is 0 Å². The SMILES string of the molecule is CS(=O)(=O)O[C@H]1CC[C@@H](NC(=O)O)C[C@@H]1Cc1ccccc1. The molecule has 0 heterocycles. The highest BCUT2D eigenvalue weighted by Gasteiger charge is 2.34. The van der Waals surface area contributed by atoms with E-state index in [9.17, 15) is 13.2 Å². The second kappa shape index (κ2) is 7.11. The van der Waals surface area contributed by atoms with E-state index in [1.165, 1.54) is 0 Å². The summed E-state index contributed by atoms with van der Waals surface area (Å²) in [7, 11) is -3.53. The van der Waals surface area contributed by atoms with Gasteiger partial charge in [-0.1, -0.05) is 30.3 Å². The first-order chi connectivity index (χ1) is 10.3. The fourth-order valence-electron chi connectivity index (χ4n) is 3.02. The van der Waals surface area contributed by atoms with Crippen LogP contribution in [-0.4, -0.2) is 38.0 Å². The molecule has 22 heavy (non-hydrogen) atoms. The third-order valence-corrected chi connectivity index (χ3v) is 4.48. The molecule has 0 spiro atoms. The van der Waals surface area contributed by atoms with Crippen LogP contribution in [0.4, 0.5) is 4.79 Å². The molecule has 1 aromatic carbocycles. The zero-order chi connectivity index (χ0) is 16.2. The molecule has 1 fully saturated rings. The molecule has 1 aromatic rings. The molecule has 0 aliphatic heterocycles. The van der Waals surface area contributed by atoms with Crippen molar-refractivity contribution in [1.82, 2.24) is 5.32 Å². The van der Waals surface area contributed by atoms with E-state index in [4.69, 9.17) is 9.29 Å². The third-order valence-electron chi connectivity index (χ3n) is 3.88. The van der Waals surface area contributed by atoms with E-state index in [1.54, 1.807) is 0 Å². The van der Waals surface area contributed by atoms with Gasteiger partial charge in [-0.05, 0) is 37.2 Å². The van der Waals surface area contributed by atoms with Crippen LogP contribution in [-0.2, 0) is 20.7 Å². The minimum absolute atomic E-state index is 0.0391. The molecule has 2 N–H and O–H groups in total. The van der Waals surface area contributed by atoms with Gasteiger partial charge in [-0.2, -0.15) is 8.42 Å². The van der Waals surface area contributed by atoms with E-state index in [1.807, 2.05) is 30.3 Å². The van der Waals surface area contributed by atoms with Crippen LogP contribution in [0.5, 0.6) is 0 Å². The highest BCUT2D eigenvalue weighted by atomic mass is 32.2. The molecular formula is C15H21NO5S. The van der Waals surface area contributed by atoms with Crippen LogP contribution < -0.4 is 5.32 Å². The number of benzene rings is 1. The van der Waals surface area contributed by atoms with Crippen LogP contribution in [0.15, 0.2) is 30.3 Å². The van der Waals surface area contributed by atoms with Crippen molar-refractivity contribution in [1.29, 1.82) is 0 Å². The fraction of sp³-hybridized carbons (Fsp3) is 0.533. The lowest BCUT2D eigenvalue weighted by atomic mass is 9.80. The number of nitrogens with one attached hydrogen (secondary N) is 1. The van der Waals surface area contributed by atoms with Gasteiger partial charge in [0.2, 0.25) is 0 Å². The summed E-state index contributed by atoms with van der Waals surface area (Å²) in [5.41, 5.74) is 1.09. The van der Waals surface area contributed by atoms with Gasteiger partial charge < -0.3 is 10.4 Å². The summed E-state index contributed by atoms with van der Waals surface area (Å²) in [6.07, 6.45) is 1.94. The lowest BCUT2D eigenvalue weighted by Gasteiger charge is -2.35. The van der Waals surface area contributed by atoms with Gasteiger partial charge in [0.25, 0.3) is 10.1 Å². The third kappa shape index (κ3) is 5.31. The van der Waals surface area contributed by atoms with E-state index in [2.05, 4.69) is 5.32 Å². The Balaban J connectivity index is 2.10. The number of rotatable bonds is 5. The van der Waals surface area contributed by atoms with Crippen LogP contribution in [0, 0.1) is 5.92 Å². The number of carbonyl (C=O) groups is 1. The van der Waals surface area contributed by atoms with Crippen molar-refractivity contribution in [2.24, 2.45) is 5.92 Å². The Bertz CT molecular complexity index is 602. The van der Waals surface area contributed by atoms with Crippen LogP contribution in [0.2, 0.25) is 0 Å². The second-order valence-electron chi connectivity index (χ2n) is 5.75. The summed E-state index contributed by atoms with van der Waals surface area (Å²) in [6.45, 7) is 0. The predicted octanol–water partition coefficient (Wildman–Crippen LogP) is 2.01. The summed E-state index contributed by atoms with van der Waals surface area (Å²) in [4.78, 5) is 10.8. The maximum absolute atomic E-state index is 11.4. The van der Waals surface area contributed by atoms with E-state index < -0.39 is 22.3 Å². The lowest BCUT2D eigenvalue weighted by Crippen LogP contribution is -2.43. The van der Waals surface area contributed by atoms with Gasteiger partial charge in [0.15, 0.2) is 0 Å². The van der Waals surface area contributed by atoms with Crippen molar-refractivity contribution >= 4 is 16.2 Å². The Hall–Kier alpha value is -1.60. The standard InChI is InChI=1S/C15H21NO5S/c1-22(19,20)21-14-8-7-13(16-15(17)18)10-12(14)9-11-5-3-2-4-6-11/h2-6,12-14,16H,7-10H2,1H3,(H,17,18)/t12-,13+,14-/m0/s1. The molecule has 2 rings (SSSR count). The summed E-state index contributed by atoms with van der Waals surface area (Å²) in [5.74, 6) is -0.0391. The number of carboxylic acid groups (broad SMARTS) is 1. The number of amides is 1. The summed E-state index contributed by atoms with van der Waals surface area (Å²) in [5, 5.41) is 11.3. The molecule has 6 nitrogen and oxygen atoms in total. The van der Waals surface area contributed by atoms with E-state index in [-0.39, 0.29) is 12.0 Å². The Morgan fingerprint density at radius 2 is 2.00 bits per heavy atom. The molecule has 0 saturated heterocycles. The quantitative estimate of drug-likeness (QED) is 0.807. The van der Waals surface area contributed by atoms with Crippen molar-refractivity contribution in [3.8, 4) is 0 Å². The number of hydrogen-bond acceptors (Lipinski definition) is 4. The van der Waals surface area contributed by atoms with Crippen molar-refractivity contribution in [3.05, 3.63) is 35.9 Å². The van der Waals surface area contributed by atoms with Gasteiger partial charge in [0.1, 0.15) is 0 Å². The molecule has 122 valence electrons. The molecule has 1 saturated carbocycles. The summed E-state index contributed by atoms with van der Waals surface area (Å²) < 4.78 is 28.1. The Kier molecular flexibility index (Phi) is 5.42. The van der Waals surface area contributed by atoms with Gasteiger partial charge in [0, 0.05) is 6.04 Å². The molecule has 0 aromatic heterocycles. The topological polar surface area (TPSA) is 92.7 Å². The molecule has 1 aliphatic rings. The van der Waals surface area contributed by atoms with Crippen LogP contribution in [0.25, 0.3) is 0 Å². The molecule has 0 radical (unpaired) electrons. The van der Waals surface area contributed by atoms with Gasteiger partial charge in [-0.25, -0.2) is 4.79 Å². The zero-order valence-corrected chi connectivity index (χ0v) is 13.3. The van der Waals surface area contributed by atoms with Crippen molar-refractivity contribution < 1.29 is 22.5 Å². The predicted molar refractivity (Wildman–Crippen MR) is 82.2 cm³/mol. The number of hydrogen-bond donors (Lipinski definition) is 2. The zero-order valence-electron chi connectivity index (χ0n) is 12.4. The Morgan fingerprint density at radius 3 is 2.59 bits per heavy atom. The van der Waals surface area contributed by atoms with Crippen molar-refractivity contribution in [2.45, 2.75) is 37.8 Å². The lowest BCUT2D eigenvalue weighted by molar-refractivity contribution is 0.0834. The first-order valence-electron chi connectivity index (χ1n) is 7.25. The second-order valence-corrected chi connectivity index (χ2v) is 7.35. The molecule has 1 amide bonds. The normalized spacial score (nSPS) is 25.6. The summed E-state index contributed by atoms with van der Waals surface area (Å²) in [6, 6.07) is 9.57. The van der Waals surface area contributed by atoms with Crippen LogP contribution in [0.1, 0.15) is 24.8 Å². The fourth-order valence-corrected chi connectivity index (χ4v) is 3.73. The largest absolute Gasteiger partial charge is 0.465 e.